The van der Waals surface area contributed by atoms with Gasteiger partial charge in [0, 0.05) is 12.6 Å². The SMILES string of the molecule is CCCNC(CCCC1CCCO1)Cc1ccccc1C. The van der Waals surface area contributed by atoms with Crippen LogP contribution in [0.1, 0.15) is 56.6 Å². The molecule has 2 unspecified atom stereocenters. The number of nitrogens with one attached hydrogen (secondary N) is 1. The molecule has 1 saturated heterocycles. The number of aryl methyl sites for hydroxylation is 1. The lowest BCUT2D eigenvalue weighted by molar-refractivity contribution is 0.101. The maximum Gasteiger partial charge on any atom is 0.0576 e. The van der Waals surface area contributed by atoms with Crippen molar-refractivity contribution in [1.82, 2.24) is 5.32 Å². The summed E-state index contributed by atoms with van der Waals surface area (Å²) in [5, 5.41) is 3.73. The van der Waals surface area contributed by atoms with Crippen LogP contribution >= 0.6 is 0 Å². The Labute approximate surface area is 130 Å². The van der Waals surface area contributed by atoms with Crippen LogP contribution < -0.4 is 5.32 Å². The van der Waals surface area contributed by atoms with Crippen molar-refractivity contribution in [2.24, 2.45) is 0 Å². The molecule has 1 N–H and O–H groups in total. The van der Waals surface area contributed by atoms with Crippen LogP contribution in [0.2, 0.25) is 0 Å². The van der Waals surface area contributed by atoms with Crippen molar-refractivity contribution >= 4 is 0 Å². The molecule has 1 aromatic carbocycles. The van der Waals surface area contributed by atoms with Gasteiger partial charge in [0.1, 0.15) is 0 Å². The van der Waals surface area contributed by atoms with Gasteiger partial charge in [-0.25, -0.2) is 0 Å². The van der Waals surface area contributed by atoms with Crippen LogP contribution in [-0.4, -0.2) is 25.3 Å². The summed E-state index contributed by atoms with van der Waals surface area (Å²) < 4.78 is 5.73. The topological polar surface area (TPSA) is 21.3 Å². The van der Waals surface area contributed by atoms with Gasteiger partial charge >= 0.3 is 0 Å². The fourth-order valence-electron chi connectivity index (χ4n) is 3.19. The van der Waals surface area contributed by atoms with Crippen molar-refractivity contribution in [2.45, 2.75) is 70.9 Å². The Bertz CT molecular complexity index is 398. The maximum atomic E-state index is 5.73. The molecule has 0 saturated carbocycles. The van der Waals surface area contributed by atoms with Gasteiger partial charge in [0.15, 0.2) is 0 Å². The molecule has 1 aromatic rings. The summed E-state index contributed by atoms with van der Waals surface area (Å²) in [6, 6.07) is 9.39. The van der Waals surface area contributed by atoms with E-state index in [2.05, 4.69) is 43.4 Å². The van der Waals surface area contributed by atoms with Crippen molar-refractivity contribution in [3.05, 3.63) is 35.4 Å². The third kappa shape index (κ3) is 5.80. The molecule has 2 nitrogen and oxygen atoms in total. The predicted octanol–water partition coefficient (Wildman–Crippen LogP) is 4.26. The lowest BCUT2D eigenvalue weighted by Crippen LogP contribution is -2.32. The Balaban J connectivity index is 1.80. The number of ether oxygens (including phenoxy) is 1. The third-order valence-corrected chi connectivity index (χ3v) is 4.51. The molecule has 1 heterocycles. The molecule has 0 aliphatic carbocycles. The highest BCUT2D eigenvalue weighted by Gasteiger charge is 2.16. The van der Waals surface area contributed by atoms with Crippen molar-refractivity contribution < 1.29 is 4.74 Å². The molecule has 2 atom stereocenters. The Hall–Kier alpha value is -0.860. The average molecular weight is 289 g/mol. The highest BCUT2D eigenvalue weighted by Crippen LogP contribution is 2.19. The highest BCUT2D eigenvalue weighted by atomic mass is 16.5. The van der Waals surface area contributed by atoms with Gasteiger partial charge in [0.2, 0.25) is 0 Å². The molecule has 118 valence electrons. The minimum absolute atomic E-state index is 0.537. The summed E-state index contributed by atoms with van der Waals surface area (Å²) in [4.78, 5) is 0. The molecule has 1 fully saturated rings. The maximum absolute atomic E-state index is 5.73. The largest absolute Gasteiger partial charge is 0.378 e. The van der Waals surface area contributed by atoms with Gasteiger partial charge < -0.3 is 10.1 Å². The molecule has 0 bridgehead atoms. The standard InChI is InChI=1S/C19H31NO/c1-3-13-20-18(10-6-11-19-12-7-14-21-19)15-17-9-5-4-8-16(17)2/h4-5,8-9,18-20H,3,6-7,10-15H2,1-2H3. The molecule has 0 amide bonds. The van der Waals surface area contributed by atoms with E-state index in [1.54, 1.807) is 0 Å². The number of benzene rings is 1. The summed E-state index contributed by atoms with van der Waals surface area (Å²) >= 11 is 0. The predicted molar refractivity (Wildman–Crippen MR) is 89.8 cm³/mol. The van der Waals surface area contributed by atoms with Crippen LogP contribution in [0.25, 0.3) is 0 Å². The van der Waals surface area contributed by atoms with E-state index in [0.29, 0.717) is 12.1 Å². The van der Waals surface area contributed by atoms with E-state index in [1.165, 1.54) is 49.7 Å². The first-order valence-corrected chi connectivity index (χ1v) is 8.69. The molecule has 1 aliphatic rings. The summed E-state index contributed by atoms with van der Waals surface area (Å²) in [7, 11) is 0. The zero-order chi connectivity index (χ0) is 14.9. The van der Waals surface area contributed by atoms with Gasteiger partial charge in [0.05, 0.1) is 6.10 Å². The molecule has 0 radical (unpaired) electrons. The first-order chi connectivity index (χ1) is 10.3. The second-order valence-electron chi connectivity index (χ2n) is 6.35. The van der Waals surface area contributed by atoms with Crippen molar-refractivity contribution in [2.75, 3.05) is 13.2 Å². The Morgan fingerprint density at radius 1 is 1.33 bits per heavy atom. The van der Waals surface area contributed by atoms with Gasteiger partial charge in [-0.3, -0.25) is 0 Å². The Morgan fingerprint density at radius 2 is 2.19 bits per heavy atom. The summed E-state index contributed by atoms with van der Waals surface area (Å²) in [5.41, 5.74) is 2.91. The van der Waals surface area contributed by atoms with Gasteiger partial charge in [0.25, 0.3) is 0 Å². The lowest BCUT2D eigenvalue weighted by atomic mass is 9.96. The molecule has 2 heteroatoms. The monoisotopic (exact) mass is 289 g/mol. The Morgan fingerprint density at radius 3 is 2.90 bits per heavy atom. The van der Waals surface area contributed by atoms with E-state index in [1.807, 2.05) is 0 Å². The smallest absolute Gasteiger partial charge is 0.0576 e. The molecular weight excluding hydrogens is 258 g/mol. The summed E-state index contributed by atoms with van der Waals surface area (Å²) in [6.45, 7) is 6.56. The molecular formula is C19H31NO. The number of rotatable bonds is 9. The van der Waals surface area contributed by atoms with Crippen LogP contribution in [0.3, 0.4) is 0 Å². The normalized spacial score (nSPS) is 19.8. The van der Waals surface area contributed by atoms with E-state index in [9.17, 15) is 0 Å². The second-order valence-corrected chi connectivity index (χ2v) is 6.35. The molecule has 21 heavy (non-hydrogen) atoms. The first-order valence-electron chi connectivity index (χ1n) is 8.69. The zero-order valence-electron chi connectivity index (χ0n) is 13.7. The number of hydrogen-bond acceptors (Lipinski definition) is 2. The summed E-state index contributed by atoms with van der Waals surface area (Å²) in [5.74, 6) is 0. The van der Waals surface area contributed by atoms with Crippen molar-refractivity contribution in [3.8, 4) is 0 Å². The van der Waals surface area contributed by atoms with Gasteiger partial charge in [-0.15, -0.1) is 0 Å². The zero-order valence-corrected chi connectivity index (χ0v) is 13.7. The van der Waals surface area contributed by atoms with Crippen LogP contribution in [0.5, 0.6) is 0 Å². The Kier molecular flexibility index (Phi) is 7.25. The second kappa shape index (κ2) is 9.22. The fraction of sp³-hybridized carbons (Fsp3) is 0.684. The van der Waals surface area contributed by atoms with Crippen LogP contribution in [-0.2, 0) is 11.2 Å². The highest BCUT2D eigenvalue weighted by molar-refractivity contribution is 5.26. The van der Waals surface area contributed by atoms with E-state index < -0.39 is 0 Å². The minimum Gasteiger partial charge on any atom is -0.378 e. The molecule has 1 aliphatic heterocycles. The van der Waals surface area contributed by atoms with E-state index in [-0.39, 0.29) is 0 Å². The van der Waals surface area contributed by atoms with Gasteiger partial charge in [-0.1, -0.05) is 31.2 Å². The lowest BCUT2D eigenvalue weighted by Gasteiger charge is -2.20. The van der Waals surface area contributed by atoms with Crippen LogP contribution in [0, 0.1) is 6.92 Å². The van der Waals surface area contributed by atoms with E-state index in [0.717, 1.165) is 19.6 Å². The molecule has 2 rings (SSSR count). The van der Waals surface area contributed by atoms with E-state index >= 15 is 0 Å². The molecule has 0 aromatic heterocycles. The van der Waals surface area contributed by atoms with Crippen molar-refractivity contribution in [1.29, 1.82) is 0 Å². The summed E-state index contributed by atoms with van der Waals surface area (Å²) in [6.07, 6.45) is 9.18. The number of hydrogen-bond donors (Lipinski definition) is 1. The third-order valence-electron chi connectivity index (χ3n) is 4.51. The minimum atomic E-state index is 0.537. The van der Waals surface area contributed by atoms with E-state index in [4.69, 9.17) is 4.74 Å². The van der Waals surface area contributed by atoms with Gasteiger partial charge in [-0.2, -0.15) is 0 Å². The average Bonchev–Trinajstić information content (AvgIpc) is 3.00. The van der Waals surface area contributed by atoms with Crippen LogP contribution in [0.4, 0.5) is 0 Å². The van der Waals surface area contributed by atoms with Gasteiger partial charge in [-0.05, 0) is 69.5 Å². The quantitative estimate of drug-likeness (QED) is 0.733. The first kappa shape index (κ1) is 16.5. The molecule has 0 spiro atoms. The van der Waals surface area contributed by atoms with Crippen molar-refractivity contribution in [3.63, 3.8) is 0 Å². The fourth-order valence-corrected chi connectivity index (χ4v) is 3.19. The van der Waals surface area contributed by atoms with Crippen LogP contribution in [0.15, 0.2) is 24.3 Å².